The van der Waals surface area contributed by atoms with Gasteiger partial charge >= 0.3 is 0 Å². The molecule has 0 amide bonds. The number of rotatable bonds is 7. The lowest BCUT2D eigenvalue weighted by atomic mass is 9.88. The molecule has 0 bridgehead atoms. The van der Waals surface area contributed by atoms with E-state index in [4.69, 9.17) is 0 Å². The van der Waals surface area contributed by atoms with Crippen LogP contribution in [-0.4, -0.2) is 0 Å². The minimum absolute atomic E-state index is 0.503. The molecule has 0 atom stereocenters. The first-order valence-electron chi connectivity index (χ1n) is 16.3. The van der Waals surface area contributed by atoms with Crippen molar-refractivity contribution in [1.29, 1.82) is 0 Å². The highest BCUT2D eigenvalue weighted by Gasteiger charge is 2.23. The summed E-state index contributed by atoms with van der Waals surface area (Å²) in [6, 6.07) is 23.7. The summed E-state index contributed by atoms with van der Waals surface area (Å²) in [5.41, 5.74) is 8.83. The molecule has 6 heterocycles. The maximum Gasteiger partial charge on any atom is 0.0636 e. The summed E-state index contributed by atoms with van der Waals surface area (Å²) in [5, 5.41) is 0. The smallest absolute Gasteiger partial charge is 0.0636 e. The Morgan fingerprint density at radius 3 is 0.891 bits per heavy atom. The first-order chi connectivity index (χ1) is 22.1. The van der Waals surface area contributed by atoms with Gasteiger partial charge in [-0.05, 0) is 81.3 Å². The maximum absolute atomic E-state index is 2.47. The Labute approximate surface area is 296 Å². The number of fused-ring (bicyclic) bond motifs is 6. The van der Waals surface area contributed by atoms with E-state index in [1.807, 2.05) is 68.0 Å². The fourth-order valence-corrected chi connectivity index (χ4v) is 15.1. The molecule has 8 rings (SSSR count). The van der Waals surface area contributed by atoms with Crippen LogP contribution < -0.4 is 0 Å². The number of thiophene rings is 6. The van der Waals surface area contributed by atoms with Crippen molar-refractivity contribution in [2.24, 2.45) is 0 Å². The van der Waals surface area contributed by atoms with Gasteiger partial charge in [-0.1, -0.05) is 91.8 Å². The molecule has 0 fully saturated rings. The molecule has 6 heteroatoms. The molecule has 0 radical (unpaired) electrons. The molecule has 0 spiro atoms. The van der Waals surface area contributed by atoms with E-state index in [1.54, 1.807) is 0 Å². The number of benzene rings is 2. The van der Waals surface area contributed by atoms with Crippen molar-refractivity contribution in [2.75, 3.05) is 0 Å². The van der Waals surface area contributed by atoms with E-state index in [0.29, 0.717) is 23.7 Å². The molecular formula is C40H38S6. The van der Waals surface area contributed by atoms with Gasteiger partial charge in [-0.15, -0.1) is 68.0 Å². The number of hydrogen-bond donors (Lipinski definition) is 0. The fourth-order valence-electron chi connectivity index (χ4n) is 6.83. The van der Waals surface area contributed by atoms with Gasteiger partial charge in [-0.2, -0.15) is 0 Å². The predicted octanol–water partition coefficient (Wildman–Crippen LogP) is 16.2. The lowest BCUT2D eigenvalue weighted by Gasteiger charge is -2.18. The van der Waals surface area contributed by atoms with Crippen LogP contribution in [-0.2, 0) is 0 Å². The Balaban J connectivity index is 1.20. The van der Waals surface area contributed by atoms with Crippen molar-refractivity contribution in [3.8, 4) is 30.6 Å². The average Bonchev–Trinajstić information content (AvgIpc) is 3.84. The van der Waals surface area contributed by atoms with Crippen LogP contribution in [0.25, 0.3) is 68.2 Å². The van der Waals surface area contributed by atoms with E-state index >= 15 is 0 Å². The second-order valence-corrected chi connectivity index (χ2v) is 20.0. The van der Waals surface area contributed by atoms with E-state index in [-0.39, 0.29) is 0 Å². The Morgan fingerprint density at radius 1 is 0.348 bits per heavy atom. The van der Waals surface area contributed by atoms with Gasteiger partial charge in [0, 0.05) is 38.3 Å². The minimum atomic E-state index is 0.503. The van der Waals surface area contributed by atoms with Gasteiger partial charge < -0.3 is 0 Å². The van der Waals surface area contributed by atoms with E-state index in [2.05, 4.69) is 116 Å². The molecule has 234 valence electrons. The molecule has 6 aromatic heterocycles. The maximum atomic E-state index is 2.47. The largest absolute Gasteiger partial charge is 0.133 e. The van der Waals surface area contributed by atoms with Gasteiger partial charge in [0.15, 0.2) is 0 Å². The highest BCUT2D eigenvalue weighted by atomic mass is 32.1. The van der Waals surface area contributed by atoms with Crippen LogP contribution in [0.3, 0.4) is 0 Å². The number of hydrogen-bond acceptors (Lipinski definition) is 6. The summed E-state index contributed by atoms with van der Waals surface area (Å²) in [6.07, 6.45) is 0. The summed E-state index contributed by atoms with van der Waals surface area (Å²) >= 11 is 11.9. The first-order valence-corrected chi connectivity index (χ1v) is 21.2. The molecule has 46 heavy (non-hydrogen) atoms. The molecule has 0 aliphatic rings. The van der Waals surface area contributed by atoms with Crippen LogP contribution in [0, 0.1) is 0 Å². The quantitative estimate of drug-likeness (QED) is 0.154. The van der Waals surface area contributed by atoms with E-state index in [1.165, 1.54) is 90.5 Å². The molecule has 2 aromatic carbocycles. The van der Waals surface area contributed by atoms with Crippen LogP contribution in [0.15, 0.2) is 60.7 Å². The zero-order valence-electron chi connectivity index (χ0n) is 27.5. The van der Waals surface area contributed by atoms with Crippen molar-refractivity contribution in [3.05, 3.63) is 82.9 Å². The highest BCUT2D eigenvalue weighted by molar-refractivity contribution is 7.42. The molecule has 0 saturated heterocycles. The van der Waals surface area contributed by atoms with Gasteiger partial charge in [-0.25, -0.2) is 0 Å². The van der Waals surface area contributed by atoms with Crippen molar-refractivity contribution in [2.45, 2.75) is 79.1 Å². The Kier molecular flexibility index (Phi) is 7.86. The van der Waals surface area contributed by atoms with Crippen molar-refractivity contribution in [1.82, 2.24) is 0 Å². The third-order valence-electron chi connectivity index (χ3n) is 9.13. The first kappa shape index (κ1) is 31.0. The summed E-state index contributed by atoms with van der Waals surface area (Å²) in [4.78, 5) is 5.68. The topological polar surface area (TPSA) is 0 Å². The molecule has 0 nitrogen and oxygen atoms in total. The second kappa shape index (κ2) is 11.7. The molecule has 0 aliphatic carbocycles. The SMILES string of the molecule is CC(C)c1cccc(C(C)C)c1-c1cc2sc3cc(-c4cc5sc6cc(-c7c(C(C)C)cccc7C(C)C)sc6c5s4)sc3c2s1. The Hall–Kier alpha value is -2.32. The Bertz CT molecular complexity index is 2160. The highest BCUT2D eigenvalue weighted by Crippen LogP contribution is 2.53. The minimum Gasteiger partial charge on any atom is -0.133 e. The molecular weight excluding hydrogens is 673 g/mol. The second-order valence-electron chi connectivity index (χ2n) is 13.7. The molecule has 0 N–H and O–H groups in total. The summed E-state index contributed by atoms with van der Waals surface area (Å²) < 4.78 is 11.6. The third-order valence-corrected chi connectivity index (χ3v) is 16.9. The van der Waals surface area contributed by atoms with Gasteiger partial charge in [0.25, 0.3) is 0 Å². The lowest BCUT2D eigenvalue weighted by Crippen LogP contribution is -1.98. The van der Waals surface area contributed by atoms with Gasteiger partial charge in [0.05, 0.1) is 18.8 Å². The molecule has 0 aliphatic heterocycles. The third kappa shape index (κ3) is 4.98. The summed E-state index contributed by atoms with van der Waals surface area (Å²) in [7, 11) is 0. The molecule has 0 unspecified atom stereocenters. The summed E-state index contributed by atoms with van der Waals surface area (Å²) in [5.74, 6) is 2.01. The van der Waals surface area contributed by atoms with Crippen LogP contribution in [0.2, 0.25) is 0 Å². The monoisotopic (exact) mass is 710 g/mol. The van der Waals surface area contributed by atoms with Crippen LogP contribution in [0.5, 0.6) is 0 Å². The predicted molar refractivity (Wildman–Crippen MR) is 216 cm³/mol. The van der Waals surface area contributed by atoms with Crippen LogP contribution in [0.4, 0.5) is 0 Å². The summed E-state index contributed by atoms with van der Waals surface area (Å²) in [6.45, 7) is 18.6. The fraction of sp³-hybridized carbons (Fsp3) is 0.300. The normalized spacial score (nSPS) is 12.7. The molecule has 0 saturated carbocycles. The zero-order valence-corrected chi connectivity index (χ0v) is 32.4. The van der Waals surface area contributed by atoms with Crippen molar-refractivity contribution < 1.29 is 0 Å². The van der Waals surface area contributed by atoms with Gasteiger partial charge in [0.1, 0.15) is 0 Å². The zero-order chi connectivity index (χ0) is 32.0. The van der Waals surface area contributed by atoms with Crippen LogP contribution in [0.1, 0.15) is 101 Å². The van der Waals surface area contributed by atoms with Crippen molar-refractivity contribution >= 4 is 106 Å². The van der Waals surface area contributed by atoms with Gasteiger partial charge in [0.2, 0.25) is 0 Å². The van der Waals surface area contributed by atoms with E-state index in [0.717, 1.165) is 0 Å². The molecule has 8 aromatic rings. The van der Waals surface area contributed by atoms with E-state index in [9.17, 15) is 0 Å². The lowest BCUT2D eigenvalue weighted by molar-refractivity contribution is 0.839. The van der Waals surface area contributed by atoms with Gasteiger partial charge in [-0.3, -0.25) is 0 Å². The van der Waals surface area contributed by atoms with Crippen molar-refractivity contribution in [3.63, 3.8) is 0 Å². The standard InChI is InChI=1S/C40H38S6/c1-19(2)23-11-9-12-24(20(3)4)35(23)29-17-33-39(45-29)37-31(41-33)15-27(43-37)28-16-32-38(44-28)40-34(42-32)18-30(46-40)36-25(21(5)6)13-10-14-26(36)22(7)8/h9-22H,1-8H3. The Morgan fingerprint density at radius 2 is 0.609 bits per heavy atom. The average molecular weight is 711 g/mol. The van der Waals surface area contributed by atoms with Crippen LogP contribution >= 0.6 is 68.0 Å². The van der Waals surface area contributed by atoms with E-state index < -0.39 is 0 Å².